The van der Waals surface area contributed by atoms with Crippen LogP contribution in [0.25, 0.3) is 22.4 Å². The Hall–Kier alpha value is -4.20. The molecule has 0 amide bonds. The zero-order valence-corrected chi connectivity index (χ0v) is 14.5. The van der Waals surface area contributed by atoms with Crippen molar-refractivity contribution in [2.24, 2.45) is 0 Å². The van der Waals surface area contributed by atoms with E-state index >= 15 is 0 Å². The van der Waals surface area contributed by atoms with Crippen LogP contribution in [-0.2, 0) is 0 Å². The van der Waals surface area contributed by atoms with Crippen molar-refractivity contribution >= 4 is 33.9 Å². The molecule has 5 N–H and O–H groups in total. The van der Waals surface area contributed by atoms with Crippen LogP contribution in [0.5, 0.6) is 0 Å². The third-order valence-corrected chi connectivity index (χ3v) is 4.46. The molecule has 8 heteroatoms. The van der Waals surface area contributed by atoms with Gasteiger partial charge in [-0.25, -0.2) is 4.98 Å². The summed E-state index contributed by atoms with van der Waals surface area (Å²) in [5.41, 5.74) is 15.4. The van der Waals surface area contributed by atoms with Gasteiger partial charge in [0.25, 0.3) is 5.69 Å². The number of nitrogen functional groups attached to an aromatic ring is 2. The van der Waals surface area contributed by atoms with Crippen molar-refractivity contribution in [1.29, 1.82) is 0 Å². The fraction of sp³-hybridized carbons (Fsp3) is 0. The summed E-state index contributed by atoms with van der Waals surface area (Å²) in [4.78, 5) is 30.8. The number of H-pyrrole nitrogens is 1. The van der Waals surface area contributed by atoms with Crippen LogP contribution >= 0.6 is 0 Å². The lowest BCUT2D eigenvalue weighted by Crippen LogP contribution is -2.06. The number of aromatic nitrogens is 2. The molecule has 138 valence electrons. The van der Waals surface area contributed by atoms with Gasteiger partial charge < -0.3 is 16.5 Å². The minimum Gasteiger partial charge on any atom is -0.399 e. The molecule has 0 aliphatic carbocycles. The van der Waals surface area contributed by atoms with Crippen LogP contribution in [0.2, 0.25) is 0 Å². The Morgan fingerprint density at radius 3 is 2.29 bits per heavy atom. The van der Waals surface area contributed by atoms with Gasteiger partial charge in [0.2, 0.25) is 0 Å². The van der Waals surface area contributed by atoms with Crippen molar-refractivity contribution in [2.45, 2.75) is 0 Å². The Morgan fingerprint density at radius 2 is 1.64 bits per heavy atom. The number of nitrogens with two attached hydrogens (primary N) is 2. The summed E-state index contributed by atoms with van der Waals surface area (Å²) in [7, 11) is 0. The highest BCUT2D eigenvalue weighted by molar-refractivity contribution is 6.15. The topological polar surface area (TPSA) is 141 Å². The molecule has 0 saturated heterocycles. The minimum absolute atomic E-state index is 0.0829. The molecule has 1 aromatic heterocycles. The summed E-state index contributed by atoms with van der Waals surface area (Å²) in [5.74, 6) is 0.285. The van der Waals surface area contributed by atoms with E-state index in [2.05, 4.69) is 9.97 Å². The predicted octanol–water partition coefficient (Wildman–Crippen LogP) is 3.53. The van der Waals surface area contributed by atoms with Gasteiger partial charge >= 0.3 is 0 Å². The number of nitrogens with one attached hydrogen (secondary N) is 1. The average molecular weight is 373 g/mol. The van der Waals surface area contributed by atoms with E-state index < -0.39 is 4.92 Å². The second-order valence-electron chi connectivity index (χ2n) is 6.26. The van der Waals surface area contributed by atoms with Crippen molar-refractivity contribution in [2.75, 3.05) is 11.5 Å². The van der Waals surface area contributed by atoms with Crippen molar-refractivity contribution in [3.05, 3.63) is 81.9 Å². The Labute approximate surface area is 159 Å². The van der Waals surface area contributed by atoms with Gasteiger partial charge in [0.15, 0.2) is 5.78 Å². The van der Waals surface area contributed by atoms with Crippen LogP contribution in [0.1, 0.15) is 15.9 Å². The zero-order chi connectivity index (χ0) is 19.8. The van der Waals surface area contributed by atoms with Crippen molar-refractivity contribution in [3.8, 4) is 11.4 Å². The monoisotopic (exact) mass is 373 g/mol. The van der Waals surface area contributed by atoms with Crippen molar-refractivity contribution < 1.29 is 9.72 Å². The highest BCUT2D eigenvalue weighted by Gasteiger charge is 2.18. The quantitative estimate of drug-likeness (QED) is 0.216. The first-order valence-electron chi connectivity index (χ1n) is 8.37. The Bertz CT molecular complexity index is 1210. The maximum atomic E-state index is 12.8. The van der Waals surface area contributed by atoms with E-state index in [-0.39, 0.29) is 22.7 Å². The number of imidazole rings is 1. The second-order valence-corrected chi connectivity index (χ2v) is 6.26. The summed E-state index contributed by atoms with van der Waals surface area (Å²) in [6, 6.07) is 16.0. The third-order valence-electron chi connectivity index (χ3n) is 4.46. The van der Waals surface area contributed by atoms with E-state index in [0.29, 0.717) is 28.1 Å². The zero-order valence-electron chi connectivity index (χ0n) is 14.5. The Morgan fingerprint density at radius 1 is 0.964 bits per heavy atom. The molecule has 0 atom stereocenters. The van der Waals surface area contributed by atoms with Gasteiger partial charge in [0, 0.05) is 34.5 Å². The van der Waals surface area contributed by atoms with Crippen LogP contribution in [-0.4, -0.2) is 20.7 Å². The molecule has 0 aliphatic rings. The number of anilines is 2. The molecule has 1 heterocycles. The molecule has 0 unspecified atom stereocenters. The third kappa shape index (κ3) is 2.92. The second kappa shape index (κ2) is 6.51. The van der Waals surface area contributed by atoms with Crippen LogP contribution in [0.3, 0.4) is 0 Å². The standard InChI is InChI=1S/C20H15N5O3/c21-13-5-1-12(2-6-13)20-23-16-10-9-15(17(22)18(16)24-20)19(26)11-3-7-14(8-4-11)25(27)28/h1-10H,21-22H2,(H,23,24). The number of benzene rings is 3. The number of non-ortho nitro benzene ring substituents is 1. The SMILES string of the molecule is Nc1ccc(-c2nc3c(N)c(C(=O)c4ccc([N+](=O)[O-])cc4)ccc3[nH]2)cc1. The molecule has 28 heavy (non-hydrogen) atoms. The number of hydrogen-bond donors (Lipinski definition) is 3. The molecule has 0 fully saturated rings. The van der Waals surface area contributed by atoms with Crippen molar-refractivity contribution in [1.82, 2.24) is 9.97 Å². The van der Waals surface area contributed by atoms with Crippen LogP contribution in [0.4, 0.5) is 17.1 Å². The van der Waals surface area contributed by atoms with Crippen LogP contribution < -0.4 is 11.5 Å². The van der Waals surface area contributed by atoms with Crippen LogP contribution in [0, 0.1) is 10.1 Å². The Balaban J connectivity index is 1.74. The van der Waals surface area contributed by atoms with Gasteiger partial charge in [-0.1, -0.05) is 0 Å². The number of aromatic amines is 1. The van der Waals surface area contributed by atoms with E-state index in [1.807, 2.05) is 12.1 Å². The molecule has 0 spiro atoms. The largest absolute Gasteiger partial charge is 0.399 e. The number of rotatable bonds is 4. The minimum atomic E-state index is -0.517. The maximum Gasteiger partial charge on any atom is 0.269 e. The lowest BCUT2D eigenvalue weighted by atomic mass is 10.0. The van der Waals surface area contributed by atoms with E-state index in [1.54, 1.807) is 24.3 Å². The fourth-order valence-corrected chi connectivity index (χ4v) is 2.96. The maximum absolute atomic E-state index is 12.8. The highest BCUT2D eigenvalue weighted by Crippen LogP contribution is 2.29. The highest BCUT2D eigenvalue weighted by atomic mass is 16.6. The first-order chi connectivity index (χ1) is 13.4. The molecule has 0 saturated carbocycles. The lowest BCUT2D eigenvalue weighted by molar-refractivity contribution is -0.384. The summed E-state index contributed by atoms with van der Waals surface area (Å²) >= 11 is 0. The summed E-state index contributed by atoms with van der Waals surface area (Å²) in [6.07, 6.45) is 0. The van der Waals surface area contributed by atoms with Gasteiger partial charge in [-0.05, 0) is 48.5 Å². The van der Waals surface area contributed by atoms with Gasteiger partial charge in [-0.2, -0.15) is 0 Å². The number of ketones is 1. The first kappa shape index (κ1) is 17.2. The smallest absolute Gasteiger partial charge is 0.269 e. The van der Waals surface area contributed by atoms with E-state index in [9.17, 15) is 14.9 Å². The van der Waals surface area contributed by atoms with Gasteiger partial charge in [-0.15, -0.1) is 0 Å². The molecule has 4 aromatic rings. The predicted molar refractivity (Wildman–Crippen MR) is 107 cm³/mol. The summed E-state index contributed by atoms with van der Waals surface area (Å²) in [6.45, 7) is 0. The fourth-order valence-electron chi connectivity index (χ4n) is 2.96. The van der Waals surface area contributed by atoms with Gasteiger partial charge in [-0.3, -0.25) is 14.9 Å². The normalized spacial score (nSPS) is 10.9. The number of nitro benzene ring substituents is 1. The molecule has 0 bridgehead atoms. The lowest BCUT2D eigenvalue weighted by Gasteiger charge is -2.05. The van der Waals surface area contributed by atoms with Gasteiger partial charge in [0.1, 0.15) is 11.3 Å². The molecule has 8 nitrogen and oxygen atoms in total. The van der Waals surface area contributed by atoms with Gasteiger partial charge in [0.05, 0.1) is 16.1 Å². The average Bonchev–Trinajstić information content (AvgIpc) is 3.14. The molecule has 0 aliphatic heterocycles. The van der Waals surface area contributed by atoms with E-state index in [0.717, 1.165) is 5.56 Å². The van der Waals surface area contributed by atoms with Crippen molar-refractivity contribution in [3.63, 3.8) is 0 Å². The number of nitrogens with zero attached hydrogens (tertiary/aromatic N) is 2. The molecular formula is C20H15N5O3. The first-order valence-corrected chi connectivity index (χ1v) is 8.37. The number of carbonyl (C=O) groups excluding carboxylic acids is 1. The number of hydrogen-bond acceptors (Lipinski definition) is 6. The summed E-state index contributed by atoms with van der Waals surface area (Å²) < 4.78 is 0. The number of fused-ring (bicyclic) bond motifs is 1. The molecular weight excluding hydrogens is 358 g/mol. The number of carbonyl (C=O) groups is 1. The summed E-state index contributed by atoms with van der Waals surface area (Å²) in [5, 5.41) is 10.8. The van der Waals surface area contributed by atoms with E-state index in [4.69, 9.17) is 11.5 Å². The molecule has 4 rings (SSSR count). The number of nitro groups is 1. The van der Waals surface area contributed by atoms with Crippen LogP contribution in [0.15, 0.2) is 60.7 Å². The van der Waals surface area contributed by atoms with E-state index in [1.165, 1.54) is 24.3 Å². The molecule has 3 aromatic carbocycles. The molecule has 0 radical (unpaired) electrons. The Kier molecular flexibility index (Phi) is 4.00.